The molecule has 150 valence electrons. The Labute approximate surface area is 165 Å². The fourth-order valence-electron chi connectivity index (χ4n) is 3.37. The molecule has 11 heteroatoms. The van der Waals surface area contributed by atoms with E-state index in [1.807, 2.05) is 0 Å². The highest BCUT2D eigenvalue weighted by atomic mass is 16.6. The van der Waals surface area contributed by atoms with Gasteiger partial charge in [-0.15, -0.1) is 0 Å². The number of carbonyl (C=O) groups excluding carboxylic acids is 1. The Kier molecular flexibility index (Phi) is 5.04. The topological polar surface area (TPSA) is 133 Å². The van der Waals surface area contributed by atoms with Gasteiger partial charge in [0.2, 0.25) is 5.95 Å². The minimum absolute atomic E-state index is 0.159. The van der Waals surface area contributed by atoms with Crippen LogP contribution in [0.5, 0.6) is 0 Å². The van der Waals surface area contributed by atoms with Gasteiger partial charge in [-0.3, -0.25) is 20.2 Å². The standard InChI is InChI=1S/C18H20N8O3/c1-24-18(21-16(23-24)12-4-6-19-7-5-12)22-17(27)13-2-3-14(15(10-13)26(28)29)25-9-8-20-11-25/h2-3,8-12,19H,4-7H2,1H3,(H,21,22,23,27). The van der Waals surface area contributed by atoms with Crippen LogP contribution in [-0.2, 0) is 7.05 Å². The number of nitrogens with zero attached hydrogens (tertiary/aromatic N) is 6. The van der Waals surface area contributed by atoms with Gasteiger partial charge in [-0.05, 0) is 38.1 Å². The molecule has 4 rings (SSSR count). The van der Waals surface area contributed by atoms with Crippen molar-refractivity contribution in [2.45, 2.75) is 18.8 Å². The first kappa shape index (κ1) is 18.7. The minimum atomic E-state index is -0.524. The number of hydrogen-bond donors (Lipinski definition) is 2. The van der Waals surface area contributed by atoms with Crippen LogP contribution in [0.3, 0.4) is 0 Å². The van der Waals surface area contributed by atoms with Gasteiger partial charge < -0.3 is 9.88 Å². The maximum absolute atomic E-state index is 12.7. The van der Waals surface area contributed by atoms with Crippen LogP contribution in [0.15, 0.2) is 36.9 Å². The number of amides is 1. The summed E-state index contributed by atoms with van der Waals surface area (Å²) in [6.45, 7) is 1.83. The van der Waals surface area contributed by atoms with Crippen molar-refractivity contribution < 1.29 is 9.72 Å². The van der Waals surface area contributed by atoms with Gasteiger partial charge in [-0.25, -0.2) is 9.67 Å². The van der Waals surface area contributed by atoms with E-state index in [1.165, 1.54) is 40.0 Å². The lowest BCUT2D eigenvalue weighted by atomic mass is 9.98. The fraction of sp³-hybridized carbons (Fsp3) is 0.333. The molecule has 1 aliphatic heterocycles. The van der Waals surface area contributed by atoms with Crippen LogP contribution in [0.25, 0.3) is 5.69 Å². The molecule has 0 bridgehead atoms. The molecule has 11 nitrogen and oxygen atoms in total. The first-order valence-electron chi connectivity index (χ1n) is 9.22. The Bertz CT molecular complexity index is 1040. The van der Waals surface area contributed by atoms with E-state index in [-0.39, 0.29) is 17.2 Å². The maximum Gasteiger partial charge on any atom is 0.294 e. The average molecular weight is 396 g/mol. The lowest BCUT2D eigenvalue weighted by Gasteiger charge is -2.19. The van der Waals surface area contributed by atoms with Crippen molar-refractivity contribution in [2.24, 2.45) is 7.05 Å². The molecule has 2 aromatic heterocycles. The molecule has 1 aromatic carbocycles. The van der Waals surface area contributed by atoms with Crippen LogP contribution >= 0.6 is 0 Å². The molecule has 1 aliphatic rings. The van der Waals surface area contributed by atoms with E-state index in [4.69, 9.17) is 0 Å². The average Bonchev–Trinajstić information content (AvgIpc) is 3.38. The van der Waals surface area contributed by atoms with E-state index in [2.05, 4.69) is 25.7 Å². The number of hydrogen-bond acceptors (Lipinski definition) is 7. The van der Waals surface area contributed by atoms with Crippen LogP contribution in [0.4, 0.5) is 11.6 Å². The minimum Gasteiger partial charge on any atom is -0.317 e. The molecular weight excluding hydrogens is 376 g/mol. The van der Waals surface area contributed by atoms with E-state index in [1.54, 1.807) is 13.2 Å². The summed E-state index contributed by atoms with van der Waals surface area (Å²) in [6.07, 6.45) is 6.48. The number of anilines is 1. The summed E-state index contributed by atoms with van der Waals surface area (Å²) in [6, 6.07) is 4.29. The van der Waals surface area contributed by atoms with Crippen molar-refractivity contribution in [3.63, 3.8) is 0 Å². The molecule has 0 unspecified atom stereocenters. The summed E-state index contributed by atoms with van der Waals surface area (Å²) in [5.74, 6) is 0.775. The normalized spacial score (nSPS) is 14.7. The number of nitro benzene ring substituents is 1. The zero-order chi connectivity index (χ0) is 20.4. The predicted octanol–water partition coefficient (Wildman–Crippen LogP) is 1.63. The molecule has 0 saturated carbocycles. The van der Waals surface area contributed by atoms with Gasteiger partial charge in [-0.1, -0.05) is 0 Å². The zero-order valence-corrected chi connectivity index (χ0v) is 15.8. The monoisotopic (exact) mass is 396 g/mol. The summed E-state index contributed by atoms with van der Waals surface area (Å²) >= 11 is 0. The second kappa shape index (κ2) is 7.80. The molecule has 3 aromatic rings. The number of carbonyl (C=O) groups is 1. The highest BCUT2D eigenvalue weighted by Gasteiger charge is 2.23. The van der Waals surface area contributed by atoms with Crippen molar-refractivity contribution in [3.8, 4) is 5.69 Å². The number of aromatic nitrogens is 5. The van der Waals surface area contributed by atoms with Crippen molar-refractivity contribution in [1.82, 2.24) is 29.6 Å². The predicted molar refractivity (Wildman–Crippen MR) is 104 cm³/mol. The van der Waals surface area contributed by atoms with Crippen LogP contribution in [0.2, 0.25) is 0 Å². The highest BCUT2D eigenvalue weighted by molar-refractivity contribution is 6.04. The summed E-state index contributed by atoms with van der Waals surface area (Å²) in [7, 11) is 1.71. The summed E-state index contributed by atoms with van der Waals surface area (Å²) in [5.41, 5.74) is 0.298. The first-order valence-corrected chi connectivity index (χ1v) is 9.22. The summed E-state index contributed by atoms with van der Waals surface area (Å²) in [5, 5.41) is 21.9. The third kappa shape index (κ3) is 3.85. The molecule has 2 N–H and O–H groups in total. The Morgan fingerprint density at radius 2 is 2.14 bits per heavy atom. The lowest BCUT2D eigenvalue weighted by molar-refractivity contribution is -0.384. The van der Waals surface area contributed by atoms with E-state index in [0.29, 0.717) is 17.5 Å². The third-order valence-corrected chi connectivity index (χ3v) is 4.93. The molecule has 0 radical (unpaired) electrons. The smallest absolute Gasteiger partial charge is 0.294 e. The van der Waals surface area contributed by atoms with Crippen molar-refractivity contribution >= 4 is 17.5 Å². The number of imidazole rings is 1. The Morgan fingerprint density at radius 1 is 1.34 bits per heavy atom. The second-order valence-corrected chi connectivity index (χ2v) is 6.83. The highest BCUT2D eigenvalue weighted by Crippen LogP contribution is 2.26. The molecule has 1 fully saturated rings. The lowest BCUT2D eigenvalue weighted by Crippen LogP contribution is -2.27. The molecule has 0 aliphatic carbocycles. The SMILES string of the molecule is Cn1nc(C2CCNCC2)nc1NC(=O)c1ccc(-n2ccnc2)c([N+](=O)[O-])c1. The van der Waals surface area contributed by atoms with Gasteiger partial charge in [0.1, 0.15) is 5.69 Å². The number of nitro groups is 1. The van der Waals surface area contributed by atoms with Gasteiger partial charge in [-0.2, -0.15) is 10.1 Å². The second-order valence-electron chi connectivity index (χ2n) is 6.83. The van der Waals surface area contributed by atoms with Gasteiger partial charge >= 0.3 is 0 Å². The molecular formula is C18H20N8O3. The number of aryl methyl sites for hydroxylation is 1. The van der Waals surface area contributed by atoms with Crippen LogP contribution in [0, 0.1) is 10.1 Å². The Morgan fingerprint density at radius 3 is 2.83 bits per heavy atom. The van der Waals surface area contributed by atoms with E-state index in [9.17, 15) is 14.9 Å². The van der Waals surface area contributed by atoms with Gasteiger partial charge in [0.05, 0.1) is 11.3 Å². The first-order chi connectivity index (χ1) is 14.0. The summed E-state index contributed by atoms with van der Waals surface area (Å²) in [4.78, 5) is 32.0. The summed E-state index contributed by atoms with van der Waals surface area (Å²) < 4.78 is 3.04. The number of piperidine rings is 1. The van der Waals surface area contributed by atoms with Crippen molar-refractivity contribution in [1.29, 1.82) is 0 Å². The molecule has 0 atom stereocenters. The van der Waals surface area contributed by atoms with E-state index in [0.717, 1.165) is 25.9 Å². The number of nitrogens with one attached hydrogen (secondary N) is 2. The van der Waals surface area contributed by atoms with Crippen molar-refractivity contribution in [3.05, 3.63) is 58.4 Å². The zero-order valence-electron chi connectivity index (χ0n) is 15.8. The molecule has 1 saturated heterocycles. The Hall–Kier alpha value is -3.60. The van der Waals surface area contributed by atoms with E-state index < -0.39 is 10.8 Å². The van der Waals surface area contributed by atoms with Crippen LogP contribution < -0.4 is 10.6 Å². The van der Waals surface area contributed by atoms with Gasteiger partial charge in [0.25, 0.3) is 11.6 Å². The molecule has 1 amide bonds. The maximum atomic E-state index is 12.7. The molecule has 29 heavy (non-hydrogen) atoms. The van der Waals surface area contributed by atoms with Crippen LogP contribution in [-0.4, -0.2) is 48.2 Å². The van der Waals surface area contributed by atoms with Gasteiger partial charge in [0, 0.05) is 37.0 Å². The van der Waals surface area contributed by atoms with Crippen LogP contribution in [0.1, 0.15) is 34.9 Å². The quantitative estimate of drug-likeness (QED) is 0.495. The largest absolute Gasteiger partial charge is 0.317 e. The molecule has 0 spiro atoms. The molecule has 3 heterocycles. The van der Waals surface area contributed by atoms with E-state index >= 15 is 0 Å². The van der Waals surface area contributed by atoms with Crippen molar-refractivity contribution in [2.75, 3.05) is 18.4 Å². The Balaban J connectivity index is 1.56. The van der Waals surface area contributed by atoms with Gasteiger partial charge in [0.15, 0.2) is 5.82 Å². The third-order valence-electron chi connectivity index (χ3n) is 4.93. The fourth-order valence-corrected chi connectivity index (χ4v) is 3.37. The number of benzene rings is 1. The number of rotatable bonds is 5.